The Hall–Kier alpha value is -0.263. The molecule has 0 aromatic carbocycles. The van der Waals surface area contributed by atoms with E-state index in [9.17, 15) is 5.11 Å². The van der Waals surface area contributed by atoms with Gasteiger partial charge in [-0.05, 0) is 93.7 Å². The summed E-state index contributed by atoms with van der Waals surface area (Å²) >= 11 is 0. The van der Waals surface area contributed by atoms with Crippen molar-refractivity contribution in [1.82, 2.24) is 0 Å². The van der Waals surface area contributed by atoms with Gasteiger partial charge in [0.2, 0.25) is 0 Å². The third kappa shape index (κ3) is 5.46. The Morgan fingerprint density at radius 2 is 1.81 bits per heavy atom. The van der Waals surface area contributed by atoms with E-state index in [0.717, 1.165) is 43.8 Å². The highest BCUT2D eigenvalue weighted by atomic mass is 28.4. The third-order valence-electron chi connectivity index (χ3n) is 9.28. The van der Waals surface area contributed by atoms with Crippen molar-refractivity contribution in [1.29, 1.82) is 0 Å². The fourth-order valence-corrected chi connectivity index (χ4v) is 10.0. The van der Waals surface area contributed by atoms with Gasteiger partial charge in [0.1, 0.15) is 5.60 Å². The lowest BCUT2D eigenvalue weighted by Gasteiger charge is -2.45. The summed E-state index contributed by atoms with van der Waals surface area (Å²) in [7, 11) is -2.10. The van der Waals surface area contributed by atoms with Crippen molar-refractivity contribution in [2.24, 2.45) is 23.2 Å². The van der Waals surface area contributed by atoms with Gasteiger partial charge in [-0.15, -0.1) is 0 Å². The summed E-state index contributed by atoms with van der Waals surface area (Å²) in [5.41, 5.74) is 0.186. The van der Waals surface area contributed by atoms with Gasteiger partial charge in [-0.3, -0.25) is 0 Å². The van der Waals surface area contributed by atoms with Crippen LogP contribution in [-0.4, -0.2) is 31.6 Å². The van der Waals surface area contributed by atoms with Gasteiger partial charge >= 0.3 is 0 Å². The molecule has 0 aromatic rings. The number of halogens is 2. The maximum Gasteiger partial charge on any atom is 0.274 e. The topological polar surface area (TPSA) is 29.5 Å². The highest BCUT2D eigenvalue weighted by molar-refractivity contribution is 6.73. The Balaban J connectivity index is 2.07. The maximum atomic E-state index is 15.4. The minimum Gasteiger partial charge on any atom is -0.406 e. The summed E-state index contributed by atoms with van der Waals surface area (Å²) < 4.78 is 37.2. The van der Waals surface area contributed by atoms with Crippen molar-refractivity contribution in [3.63, 3.8) is 0 Å². The monoisotopic (exact) mass is 458 g/mol. The highest BCUT2D eigenvalue weighted by Gasteiger charge is 2.53. The van der Waals surface area contributed by atoms with Crippen molar-refractivity contribution in [3.8, 4) is 0 Å². The summed E-state index contributed by atoms with van der Waals surface area (Å²) in [6, 6.07) is 2.67. The van der Waals surface area contributed by atoms with Crippen LogP contribution >= 0.6 is 0 Å². The number of hydrogen-bond acceptors (Lipinski definition) is 2. The zero-order chi connectivity index (χ0) is 23.5. The van der Waals surface area contributed by atoms with Crippen LogP contribution in [0.3, 0.4) is 0 Å². The molecule has 2 aliphatic carbocycles. The predicted octanol–water partition coefficient (Wildman–Crippen LogP) is 7.97. The first-order chi connectivity index (χ1) is 14.4. The first-order valence-electron chi connectivity index (χ1n) is 12.8. The van der Waals surface area contributed by atoms with Gasteiger partial charge in [0.25, 0.3) is 5.92 Å². The molecular formula is C26H48F2O2Si. The Kier molecular flexibility index (Phi) is 9.00. The number of fused-ring (bicyclic) bond motifs is 1. The van der Waals surface area contributed by atoms with E-state index in [1.54, 1.807) is 13.8 Å². The lowest BCUT2D eigenvalue weighted by Crippen LogP contribution is -2.53. The molecule has 31 heavy (non-hydrogen) atoms. The lowest BCUT2D eigenvalue weighted by molar-refractivity contribution is -0.159. The van der Waals surface area contributed by atoms with Crippen LogP contribution in [-0.2, 0) is 4.43 Å². The second kappa shape index (κ2) is 10.3. The predicted molar refractivity (Wildman–Crippen MR) is 129 cm³/mol. The summed E-state index contributed by atoms with van der Waals surface area (Å²) in [5, 5.41) is 9.41. The quantitative estimate of drug-likeness (QED) is 0.251. The van der Waals surface area contributed by atoms with Gasteiger partial charge in [-0.2, -0.15) is 0 Å². The van der Waals surface area contributed by atoms with E-state index in [-0.39, 0.29) is 24.4 Å². The SMILES string of the molecule is CC[Si](CC)(CC)OC(C)(C)C(F)(F)CC[C@@H](C)C1CCC2/C(=C/CO)CCCC21C. The van der Waals surface area contributed by atoms with Crippen molar-refractivity contribution in [2.45, 2.75) is 123 Å². The molecule has 182 valence electrons. The Morgan fingerprint density at radius 3 is 2.35 bits per heavy atom. The van der Waals surface area contributed by atoms with E-state index in [4.69, 9.17) is 4.43 Å². The first-order valence-corrected chi connectivity index (χ1v) is 15.3. The van der Waals surface area contributed by atoms with E-state index in [1.807, 2.05) is 6.08 Å². The summed E-state index contributed by atoms with van der Waals surface area (Å²) in [6.07, 6.45) is 8.13. The molecule has 2 saturated carbocycles. The van der Waals surface area contributed by atoms with Crippen molar-refractivity contribution in [2.75, 3.05) is 6.61 Å². The molecule has 0 saturated heterocycles. The fraction of sp³-hybridized carbons (Fsp3) is 0.923. The van der Waals surface area contributed by atoms with Crippen LogP contribution in [0.25, 0.3) is 0 Å². The van der Waals surface area contributed by atoms with E-state index in [0.29, 0.717) is 18.3 Å². The number of hydrogen-bond donors (Lipinski definition) is 1. The fourth-order valence-electron chi connectivity index (χ4n) is 6.87. The summed E-state index contributed by atoms with van der Waals surface area (Å²) in [5.74, 6) is -1.55. The minimum atomic E-state index is -2.83. The maximum absolute atomic E-state index is 15.4. The van der Waals surface area contributed by atoms with Crippen LogP contribution in [0.2, 0.25) is 18.1 Å². The van der Waals surface area contributed by atoms with E-state index < -0.39 is 19.8 Å². The molecule has 2 rings (SSSR count). The Bertz CT molecular complexity index is 606. The molecule has 2 aliphatic rings. The van der Waals surface area contributed by atoms with Crippen LogP contribution in [0, 0.1) is 23.2 Å². The zero-order valence-electron chi connectivity index (χ0n) is 21.2. The minimum absolute atomic E-state index is 0.0978. The van der Waals surface area contributed by atoms with Crippen LogP contribution in [0.15, 0.2) is 11.6 Å². The Labute approximate surface area is 191 Å². The van der Waals surface area contributed by atoms with Crippen molar-refractivity contribution >= 4 is 8.32 Å². The molecule has 4 atom stereocenters. The van der Waals surface area contributed by atoms with Gasteiger partial charge in [-0.25, -0.2) is 8.78 Å². The second-order valence-corrected chi connectivity index (χ2v) is 15.8. The molecule has 0 spiro atoms. The standard InChI is InChI=1S/C26H48F2O2Si/c1-8-31(9-2,10-3)30-24(5,6)26(27,28)18-15-20(4)22-13-14-23-21(16-19-29)12-11-17-25(22,23)7/h16,20,22-23,29H,8-15,17-19H2,1-7H3/b21-16+/t20-,22?,23?,25?/m1/s1. The van der Waals surface area contributed by atoms with Gasteiger partial charge in [0.05, 0.1) is 6.61 Å². The normalized spacial score (nSPS) is 29.9. The molecule has 0 amide bonds. The molecule has 0 aliphatic heterocycles. The van der Waals surface area contributed by atoms with Crippen LogP contribution in [0.5, 0.6) is 0 Å². The average Bonchev–Trinajstić information content (AvgIpc) is 3.08. The second-order valence-electron chi connectivity index (χ2n) is 11.1. The first kappa shape index (κ1) is 27.0. The number of alkyl halides is 2. The molecule has 3 unspecified atom stereocenters. The molecule has 2 fully saturated rings. The zero-order valence-corrected chi connectivity index (χ0v) is 22.2. The van der Waals surface area contributed by atoms with Crippen LogP contribution in [0.4, 0.5) is 8.78 Å². The molecule has 0 heterocycles. The highest BCUT2D eigenvalue weighted by Crippen LogP contribution is 2.60. The Morgan fingerprint density at radius 1 is 1.19 bits per heavy atom. The van der Waals surface area contributed by atoms with Gasteiger partial charge < -0.3 is 9.53 Å². The smallest absolute Gasteiger partial charge is 0.274 e. The van der Waals surface area contributed by atoms with Crippen molar-refractivity contribution < 1.29 is 18.3 Å². The molecule has 5 heteroatoms. The molecule has 1 N–H and O–H groups in total. The van der Waals surface area contributed by atoms with E-state index >= 15 is 8.78 Å². The molecule has 2 nitrogen and oxygen atoms in total. The lowest BCUT2D eigenvalue weighted by atomic mass is 9.60. The van der Waals surface area contributed by atoms with Crippen molar-refractivity contribution in [3.05, 3.63) is 11.6 Å². The van der Waals surface area contributed by atoms with E-state index in [2.05, 4.69) is 34.6 Å². The van der Waals surface area contributed by atoms with Gasteiger partial charge in [0.15, 0.2) is 8.32 Å². The molecular weight excluding hydrogens is 410 g/mol. The summed E-state index contributed by atoms with van der Waals surface area (Å²) in [4.78, 5) is 0. The number of allylic oxidation sites excluding steroid dienone is 1. The largest absolute Gasteiger partial charge is 0.406 e. The summed E-state index contributed by atoms with van der Waals surface area (Å²) in [6.45, 7) is 14.2. The van der Waals surface area contributed by atoms with Crippen LogP contribution < -0.4 is 0 Å². The number of rotatable bonds is 11. The molecule has 0 radical (unpaired) electrons. The van der Waals surface area contributed by atoms with E-state index in [1.165, 1.54) is 12.0 Å². The molecule has 0 aromatic heterocycles. The molecule has 0 bridgehead atoms. The van der Waals surface area contributed by atoms with Gasteiger partial charge in [-0.1, -0.05) is 46.3 Å². The van der Waals surface area contributed by atoms with Crippen LogP contribution in [0.1, 0.15) is 93.4 Å². The number of aliphatic hydroxyl groups is 1. The third-order valence-corrected chi connectivity index (χ3v) is 14.1. The number of aliphatic hydroxyl groups excluding tert-OH is 1. The van der Waals surface area contributed by atoms with Gasteiger partial charge in [0, 0.05) is 6.42 Å². The average molecular weight is 459 g/mol.